The number of Topliss-reactive ketones (excluding diaryl/α,β-unsaturated/α-hetero) is 1. The van der Waals surface area contributed by atoms with Crippen molar-refractivity contribution in [2.24, 2.45) is 5.92 Å². The van der Waals surface area contributed by atoms with Crippen molar-refractivity contribution in [3.05, 3.63) is 65.7 Å². The average Bonchev–Trinajstić information content (AvgIpc) is 3.29. The Labute approximate surface area is 407 Å². The maximum atomic E-state index is 13.3. The number of rotatable bonds is 28. The number of carbonyl (C=O) groups excluding carboxylic acids is 3. The number of aliphatic carboxylic acids is 3. The van der Waals surface area contributed by atoms with Gasteiger partial charge in [0.25, 0.3) is 0 Å². The molecule has 2 aromatic carbocycles. The van der Waals surface area contributed by atoms with Crippen LogP contribution in [0.1, 0.15) is 82.3 Å². The molecule has 1 saturated heterocycles. The fourth-order valence-corrected chi connectivity index (χ4v) is 8.28. The number of nitrogens with zero attached hydrogens (tertiary/aromatic N) is 4. The number of anilines is 1. The van der Waals surface area contributed by atoms with Gasteiger partial charge in [0.1, 0.15) is 11.8 Å². The summed E-state index contributed by atoms with van der Waals surface area (Å²) in [6.45, 7) is 10.1. The predicted octanol–water partition coefficient (Wildman–Crippen LogP) is 3.75. The third kappa shape index (κ3) is 24.7. The molecule has 1 aliphatic heterocycles. The van der Waals surface area contributed by atoms with Gasteiger partial charge < -0.3 is 56.6 Å². The molecule has 1 fully saturated rings. The minimum absolute atomic E-state index is 0.00328. The molecule has 68 heavy (non-hydrogen) atoms. The van der Waals surface area contributed by atoms with E-state index >= 15 is 0 Å². The van der Waals surface area contributed by atoms with Gasteiger partial charge in [0.2, 0.25) is 5.91 Å². The number of benzene rings is 2. The van der Waals surface area contributed by atoms with Gasteiger partial charge in [-0.2, -0.15) is 0 Å². The van der Waals surface area contributed by atoms with E-state index in [4.69, 9.17) is 17.3 Å². The number of nitrogens with one attached hydrogen (secondary N) is 5. The molecule has 0 aromatic heterocycles. The Morgan fingerprint density at radius 3 is 2.06 bits per heavy atom. The Morgan fingerprint density at radius 1 is 0.706 bits per heavy atom. The van der Waals surface area contributed by atoms with Crippen LogP contribution in [0.15, 0.2) is 54.6 Å². The smallest absolute Gasteiger partial charge is 0.326 e. The molecule has 8 N–H and O–H groups in total. The number of amides is 3. The summed E-state index contributed by atoms with van der Waals surface area (Å²) in [5.41, 5.74) is 2.91. The molecular formula is C49H77N9O9S. The first-order valence-electron chi connectivity index (χ1n) is 24.1. The summed E-state index contributed by atoms with van der Waals surface area (Å²) < 4.78 is 0. The lowest BCUT2D eigenvalue weighted by Crippen LogP contribution is -2.51. The number of ketones is 1. The van der Waals surface area contributed by atoms with Crippen molar-refractivity contribution in [1.82, 2.24) is 40.9 Å². The SMILES string of the molecule is CCN1CCN(C)CCN(C)CC(Cc2ccc(NC(=S)NCCCCCC(=O)C[C@@H](Cc3ccccc3)C(=O)NCCCC[C@H](NC(=O)NCCCC(=O)O)C(=O)O)cc2)N(CC(=O)O)CC1. The Balaban J connectivity index is 1.40. The maximum absolute atomic E-state index is 13.3. The van der Waals surface area contributed by atoms with Crippen molar-refractivity contribution in [3.63, 3.8) is 0 Å². The molecule has 0 aliphatic carbocycles. The lowest BCUT2D eigenvalue weighted by Gasteiger charge is -2.36. The number of hydrogen-bond acceptors (Lipinski definition) is 11. The normalized spacial score (nSPS) is 16.5. The van der Waals surface area contributed by atoms with Crippen molar-refractivity contribution in [1.29, 1.82) is 0 Å². The first kappa shape index (κ1) is 57.1. The number of carboxylic acids is 3. The van der Waals surface area contributed by atoms with E-state index < -0.39 is 35.9 Å². The number of carboxylic acid groups (broad SMARTS) is 3. The highest BCUT2D eigenvalue weighted by Gasteiger charge is 2.26. The minimum Gasteiger partial charge on any atom is -0.481 e. The quantitative estimate of drug-likeness (QED) is 0.0448. The summed E-state index contributed by atoms with van der Waals surface area (Å²) >= 11 is 5.57. The van der Waals surface area contributed by atoms with E-state index in [2.05, 4.69) is 79.3 Å². The van der Waals surface area contributed by atoms with Crippen LogP contribution in [0.2, 0.25) is 0 Å². The summed E-state index contributed by atoms with van der Waals surface area (Å²) in [7, 11) is 4.27. The number of likely N-dealkylation sites (N-methyl/N-ethyl adjacent to an activating group) is 3. The fraction of sp³-hybridized carbons (Fsp3) is 0.612. The van der Waals surface area contributed by atoms with Crippen LogP contribution < -0.4 is 26.6 Å². The number of hydrogen-bond donors (Lipinski definition) is 8. The van der Waals surface area contributed by atoms with Gasteiger partial charge in [-0.05, 0) is 107 Å². The van der Waals surface area contributed by atoms with Crippen molar-refractivity contribution in [2.45, 2.75) is 96.1 Å². The van der Waals surface area contributed by atoms with E-state index in [1.165, 1.54) is 0 Å². The van der Waals surface area contributed by atoms with E-state index in [0.717, 1.165) is 81.9 Å². The van der Waals surface area contributed by atoms with Crippen LogP contribution in [-0.4, -0.2) is 180 Å². The molecule has 1 heterocycles. The molecule has 0 bridgehead atoms. The molecule has 378 valence electrons. The maximum Gasteiger partial charge on any atom is 0.326 e. The topological polar surface area (TPSA) is 236 Å². The second-order valence-corrected chi connectivity index (χ2v) is 18.2. The van der Waals surface area contributed by atoms with Crippen molar-refractivity contribution < 1.29 is 44.1 Å². The fourth-order valence-electron chi connectivity index (χ4n) is 8.06. The van der Waals surface area contributed by atoms with E-state index in [1.807, 2.05) is 42.5 Å². The Bertz CT molecular complexity index is 1860. The highest BCUT2D eigenvalue weighted by Crippen LogP contribution is 2.18. The van der Waals surface area contributed by atoms with Crippen LogP contribution in [0.5, 0.6) is 0 Å². The predicted molar refractivity (Wildman–Crippen MR) is 268 cm³/mol. The van der Waals surface area contributed by atoms with Crippen LogP contribution in [-0.2, 0) is 36.8 Å². The Morgan fingerprint density at radius 2 is 1.37 bits per heavy atom. The van der Waals surface area contributed by atoms with Gasteiger partial charge in [-0.15, -0.1) is 0 Å². The summed E-state index contributed by atoms with van der Waals surface area (Å²) in [6, 6.07) is 15.8. The first-order valence-corrected chi connectivity index (χ1v) is 24.5. The van der Waals surface area contributed by atoms with Crippen molar-refractivity contribution in [2.75, 3.05) is 97.9 Å². The molecule has 1 unspecified atom stereocenters. The van der Waals surface area contributed by atoms with Gasteiger partial charge in [0, 0.05) is 102 Å². The third-order valence-electron chi connectivity index (χ3n) is 12.1. The van der Waals surface area contributed by atoms with E-state index in [0.29, 0.717) is 50.3 Å². The monoisotopic (exact) mass is 968 g/mol. The van der Waals surface area contributed by atoms with Gasteiger partial charge in [0.15, 0.2) is 5.11 Å². The lowest BCUT2D eigenvalue weighted by atomic mass is 9.92. The summed E-state index contributed by atoms with van der Waals surface area (Å²) in [6.07, 6.45) is 4.98. The summed E-state index contributed by atoms with van der Waals surface area (Å²) in [5, 5.41) is 42.9. The van der Waals surface area contributed by atoms with Crippen LogP contribution >= 0.6 is 12.2 Å². The molecule has 18 nitrogen and oxygen atoms in total. The summed E-state index contributed by atoms with van der Waals surface area (Å²) in [4.78, 5) is 82.1. The van der Waals surface area contributed by atoms with E-state index in [9.17, 15) is 39.0 Å². The van der Waals surface area contributed by atoms with E-state index in [-0.39, 0.29) is 63.0 Å². The zero-order valence-electron chi connectivity index (χ0n) is 40.4. The molecule has 3 amide bonds. The molecule has 1 aliphatic rings. The highest BCUT2D eigenvalue weighted by atomic mass is 32.1. The average molecular weight is 968 g/mol. The van der Waals surface area contributed by atoms with E-state index in [1.54, 1.807) is 0 Å². The van der Waals surface area contributed by atoms with Crippen LogP contribution in [0.4, 0.5) is 10.5 Å². The largest absolute Gasteiger partial charge is 0.481 e. The second kappa shape index (κ2) is 32.5. The molecule has 2 aromatic rings. The van der Waals surface area contributed by atoms with Gasteiger partial charge in [0.05, 0.1) is 6.54 Å². The number of thiocarbonyl (C=S) groups is 1. The molecule has 0 saturated carbocycles. The highest BCUT2D eigenvalue weighted by molar-refractivity contribution is 7.80. The molecule has 3 rings (SSSR count). The molecular weight excluding hydrogens is 891 g/mol. The number of urea groups is 1. The van der Waals surface area contributed by atoms with Crippen LogP contribution in [0.3, 0.4) is 0 Å². The second-order valence-electron chi connectivity index (χ2n) is 17.8. The number of carbonyl (C=O) groups is 6. The molecule has 19 heteroatoms. The molecule has 3 atom stereocenters. The first-order chi connectivity index (χ1) is 32.6. The van der Waals surface area contributed by atoms with Gasteiger partial charge in [-0.1, -0.05) is 55.8 Å². The van der Waals surface area contributed by atoms with Crippen molar-refractivity contribution >= 4 is 58.6 Å². The Kier molecular flexibility index (Phi) is 27.3. The minimum atomic E-state index is -1.20. The zero-order chi connectivity index (χ0) is 49.7. The number of unbranched alkanes of at least 4 members (excludes halogenated alkanes) is 3. The van der Waals surface area contributed by atoms with Crippen LogP contribution in [0.25, 0.3) is 0 Å². The van der Waals surface area contributed by atoms with Gasteiger partial charge >= 0.3 is 23.9 Å². The van der Waals surface area contributed by atoms with Crippen molar-refractivity contribution in [3.8, 4) is 0 Å². The van der Waals surface area contributed by atoms with Gasteiger partial charge in [-0.3, -0.25) is 24.1 Å². The standard InChI is InChI=1S/C49H77N9O9S/c1-4-57-29-28-55(2)26-27-56(3)35-41(58(31-30-57)36-45(62)63)33-38-19-21-40(22-20-38)53-49(68)52-24-11-6-9-16-42(59)34-39(32-37-14-7-5-8-15-37)46(64)50-23-12-10-17-43(47(65)66)54-48(67)51-25-13-18-44(60)61/h5,7-8,14-15,19-22,39,41,43H,4,6,9-13,16-18,23-36H2,1-3H3,(H,50,64)(H,60,61)(H,62,63)(H,65,66)(H2,51,54,67)(H2,52,53,68)/t39-,41?,43+/m1/s1. The lowest BCUT2D eigenvalue weighted by molar-refractivity contribution is -0.140. The summed E-state index contributed by atoms with van der Waals surface area (Å²) in [5.74, 6) is -3.79. The molecule has 0 spiro atoms. The van der Waals surface area contributed by atoms with Gasteiger partial charge in [-0.25, -0.2) is 9.59 Å². The zero-order valence-corrected chi connectivity index (χ0v) is 41.2. The molecule has 0 radical (unpaired) electrons. The third-order valence-corrected chi connectivity index (χ3v) is 12.4. The Hall–Kier alpha value is -5.21. The van der Waals surface area contributed by atoms with Crippen LogP contribution in [0, 0.1) is 5.92 Å².